The summed E-state index contributed by atoms with van der Waals surface area (Å²) in [7, 11) is 1.54. The van der Waals surface area contributed by atoms with Gasteiger partial charge in [-0.1, -0.05) is 0 Å². The van der Waals surface area contributed by atoms with Crippen molar-refractivity contribution in [1.29, 1.82) is 0 Å². The van der Waals surface area contributed by atoms with Crippen LogP contribution in [-0.2, 0) is 23.9 Å². The van der Waals surface area contributed by atoms with Gasteiger partial charge in [-0.2, -0.15) is 0 Å². The van der Waals surface area contributed by atoms with Crippen LogP contribution in [0.3, 0.4) is 0 Å². The maximum absolute atomic E-state index is 13.6. The Kier molecular flexibility index (Phi) is 8.98. The van der Waals surface area contributed by atoms with Crippen LogP contribution in [-0.4, -0.2) is 54.8 Å². The number of carbonyl (C=O) groups excluding carboxylic acids is 3. The van der Waals surface area contributed by atoms with E-state index in [0.717, 1.165) is 0 Å². The zero-order valence-electron chi connectivity index (χ0n) is 20.5. The van der Waals surface area contributed by atoms with Gasteiger partial charge in [0.15, 0.2) is 0 Å². The van der Waals surface area contributed by atoms with E-state index in [4.69, 9.17) is 20.3 Å². The van der Waals surface area contributed by atoms with Crippen LogP contribution in [0, 0.1) is 0 Å². The van der Waals surface area contributed by atoms with E-state index in [9.17, 15) is 19.2 Å². The minimum absolute atomic E-state index is 0.0213. The number of piperidine rings is 1. The van der Waals surface area contributed by atoms with Gasteiger partial charge in [-0.05, 0) is 61.9 Å². The Morgan fingerprint density at radius 1 is 1.08 bits per heavy atom. The van der Waals surface area contributed by atoms with Crippen molar-refractivity contribution < 1.29 is 33.8 Å². The van der Waals surface area contributed by atoms with Crippen LogP contribution in [0.25, 0.3) is 0 Å². The third kappa shape index (κ3) is 6.94. The van der Waals surface area contributed by atoms with E-state index in [2.05, 4.69) is 10.3 Å². The summed E-state index contributed by atoms with van der Waals surface area (Å²) in [4.78, 5) is 54.4. The first-order valence-electron chi connectivity index (χ1n) is 11.6. The van der Waals surface area contributed by atoms with Gasteiger partial charge in [0.2, 0.25) is 5.91 Å². The van der Waals surface area contributed by atoms with Gasteiger partial charge >= 0.3 is 11.9 Å². The number of aliphatic carboxylic acids is 1. The second-order valence-electron chi connectivity index (χ2n) is 7.97. The molecule has 0 atom stereocenters. The molecule has 2 aromatic rings. The number of nitrogens with one attached hydrogen (secondary N) is 1. The van der Waals surface area contributed by atoms with Crippen LogP contribution < -0.4 is 20.7 Å². The Bertz CT molecular complexity index is 1230. The molecule has 11 nitrogen and oxygen atoms in total. The molecule has 0 aliphatic carbocycles. The van der Waals surface area contributed by atoms with Crippen LogP contribution in [0.1, 0.15) is 26.2 Å². The summed E-state index contributed by atoms with van der Waals surface area (Å²) < 4.78 is 10.2. The number of methoxy groups -OCH3 is 1. The van der Waals surface area contributed by atoms with E-state index in [-0.39, 0.29) is 43.8 Å². The molecule has 2 amide bonds. The summed E-state index contributed by atoms with van der Waals surface area (Å²) >= 11 is 0. The molecule has 2 aromatic carbocycles. The summed E-state index contributed by atoms with van der Waals surface area (Å²) in [5.74, 6) is -2.04. The highest BCUT2D eigenvalue weighted by Gasteiger charge is 2.33. The lowest BCUT2D eigenvalue weighted by molar-refractivity contribution is -0.139. The van der Waals surface area contributed by atoms with E-state index < -0.39 is 23.8 Å². The number of carboxylic acids is 1. The topological polar surface area (TPSA) is 161 Å². The molecule has 4 N–H and O–H groups in total. The molecule has 0 aromatic heterocycles. The highest BCUT2D eigenvalue weighted by atomic mass is 16.5. The van der Waals surface area contributed by atoms with Gasteiger partial charge in [-0.3, -0.25) is 14.4 Å². The number of hydrogen-bond acceptors (Lipinski definition) is 8. The molecule has 1 aliphatic heterocycles. The molecular weight excluding hydrogens is 480 g/mol. The Morgan fingerprint density at radius 2 is 1.76 bits per heavy atom. The number of hydrogen-bond donors (Lipinski definition) is 3. The van der Waals surface area contributed by atoms with Crippen molar-refractivity contribution in [3.8, 4) is 5.75 Å². The summed E-state index contributed by atoms with van der Waals surface area (Å²) in [6, 6.07) is 13.3. The van der Waals surface area contributed by atoms with Crippen LogP contribution >= 0.6 is 0 Å². The van der Waals surface area contributed by atoms with Gasteiger partial charge in [0.05, 0.1) is 25.8 Å². The number of carbonyl (C=O) groups is 4. The highest BCUT2D eigenvalue weighted by molar-refractivity contribution is 6.51. The largest absolute Gasteiger partial charge is 0.497 e. The lowest BCUT2D eigenvalue weighted by atomic mass is 9.97. The first-order chi connectivity index (χ1) is 17.7. The highest BCUT2D eigenvalue weighted by Crippen LogP contribution is 2.28. The predicted octanol–water partition coefficient (Wildman–Crippen LogP) is 2.78. The number of nitrogens with two attached hydrogens (primary N) is 1. The average molecular weight is 509 g/mol. The van der Waals surface area contributed by atoms with E-state index in [1.807, 2.05) is 0 Å². The quantitative estimate of drug-likeness (QED) is 0.344. The number of ether oxygens (including phenoxy) is 2. The fraction of sp³-hybridized carbons (Fsp3) is 0.269. The number of anilines is 2. The van der Waals surface area contributed by atoms with E-state index in [0.29, 0.717) is 28.4 Å². The molecule has 0 saturated carbocycles. The fourth-order valence-electron chi connectivity index (χ4n) is 3.61. The van der Waals surface area contributed by atoms with Crippen molar-refractivity contribution in [2.75, 3.05) is 30.5 Å². The second kappa shape index (κ2) is 12.3. The molecule has 194 valence electrons. The predicted molar refractivity (Wildman–Crippen MR) is 137 cm³/mol. The van der Waals surface area contributed by atoms with Gasteiger partial charge in [-0.15, -0.1) is 0 Å². The Morgan fingerprint density at radius 3 is 2.35 bits per heavy atom. The lowest BCUT2D eigenvalue weighted by Crippen LogP contribution is -2.44. The average Bonchev–Trinajstić information content (AvgIpc) is 2.89. The van der Waals surface area contributed by atoms with Crippen molar-refractivity contribution in [2.45, 2.75) is 26.2 Å². The van der Waals surface area contributed by atoms with Crippen LogP contribution in [0.5, 0.6) is 5.75 Å². The fourth-order valence-corrected chi connectivity index (χ4v) is 3.61. The maximum atomic E-state index is 13.6. The Balaban J connectivity index is 1.89. The van der Waals surface area contributed by atoms with Crippen molar-refractivity contribution in [3.05, 3.63) is 59.8 Å². The zero-order chi connectivity index (χ0) is 26.9. The molecular formula is C26H28N4O7. The number of aliphatic imine (C=N–C) groups is 1. The smallest absolute Gasteiger partial charge is 0.354 e. The molecule has 0 bridgehead atoms. The SMILES string of the molecule is CCOC(=O)C(N)=C1CCN(c2ccc(NC(=O)CCC(=O)O)cc2)C(=O)C1=Nc1ccc(OC)cc1. The molecule has 1 heterocycles. The van der Waals surface area contributed by atoms with Gasteiger partial charge in [0, 0.05) is 29.9 Å². The standard InChI is InChI=1S/C26H28N4O7/c1-3-37-26(35)23(27)20-14-15-30(25(34)24(20)29-17-6-10-19(36-2)11-7-17)18-8-4-16(5-9-18)28-21(31)12-13-22(32)33/h4-11H,3,12-15,27H2,1-2H3,(H,28,31)(H,32,33). The van der Waals surface area contributed by atoms with E-state index in [1.165, 1.54) is 12.0 Å². The lowest BCUT2D eigenvalue weighted by Gasteiger charge is -2.30. The van der Waals surface area contributed by atoms with Crippen molar-refractivity contribution in [3.63, 3.8) is 0 Å². The minimum atomic E-state index is -1.06. The molecule has 3 rings (SSSR count). The molecule has 1 fully saturated rings. The molecule has 37 heavy (non-hydrogen) atoms. The number of esters is 1. The van der Waals surface area contributed by atoms with Crippen molar-refractivity contribution >= 4 is 46.5 Å². The van der Waals surface area contributed by atoms with Gasteiger partial charge in [0.25, 0.3) is 5.91 Å². The normalized spacial score (nSPS) is 15.8. The molecule has 0 spiro atoms. The summed E-state index contributed by atoms with van der Waals surface area (Å²) in [5.41, 5.74) is 7.72. The molecule has 0 unspecified atom stereocenters. The van der Waals surface area contributed by atoms with Crippen LogP contribution in [0.2, 0.25) is 0 Å². The third-order valence-electron chi connectivity index (χ3n) is 5.48. The van der Waals surface area contributed by atoms with Gasteiger partial charge in [0.1, 0.15) is 17.2 Å². The number of carboxylic acid groups (broad SMARTS) is 1. The number of amides is 2. The summed E-state index contributed by atoms with van der Waals surface area (Å²) in [6.07, 6.45) is -0.157. The maximum Gasteiger partial charge on any atom is 0.354 e. The van der Waals surface area contributed by atoms with Gasteiger partial charge < -0.3 is 30.5 Å². The zero-order valence-corrected chi connectivity index (χ0v) is 20.5. The summed E-state index contributed by atoms with van der Waals surface area (Å²) in [6.45, 7) is 2.03. The van der Waals surface area contributed by atoms with Crippen LogP contribution in [0.4, 0.5) is 17.1 Å². The van der Waals surface area contributed by atoms with Crippen LogP contribution in [0.15, 0.2) is 64.8 Å². The summed E-state index contributed by atoms with van der Waals surface area (Å²) in [5, 5.41) is 11.3. The van der Waals surface area contributed by atoms with E-state index >= 15 is 0 Å². The first kappa shape index (κ1) is 26.9. The third-order valence-corrected chi connectivity index (χ3v) is 5.48. The minimum Gasteiger partial charge on any atom is -0.497 e. The first-order valence-corrected chi connectivity index (χ1v) is 11.6. The Labute approximate surface area is 213 Å². The Hall–Kier alpha value is -4.67. The number of benzene rings is 2. The van der Waals surface area contributed by atoms with Gasteiger partial charge in [-0.25, -0.2) is 9.79 Å². The number of nitrogens with zero attached hydrogens (tertiary/aromatic N) is 2. The second-order valence-corrected chi connectivity index (χ2v) is 7.97. The van der Waals surface area contributed by atoms with Crippen molar-refractivity contribution in [2.24, 2.45) is 10.7 Å². The molecule has 1 aliphatic rings. The molecule has 1 saturated heterocycles. The van der Waals surface area contributed by atoms with Crippen molar-refractivity contribution in [1.82, 2.24) is 0 Å². The van der Waals surface area contributed by atoms with E-state index in [1.54, 1.807) is 55.5 Å². The monoisotopic (exact) mass is 508 g/mol. The molecule has 11 heteroatoms. The molecule has 0 radical (unpaired) electrons. The number of rotatable bonds is 9.